The van der Waals surface area contributed by atoms with Crippen molar-refractivity contribution in [3.63, 3.8) is 0 Å². The second kappa shape index (κ2) is 4.17. The molecule has 1 aromatic rings. The van der Waals surface area contributed by atoms with Gasteiger partial charge in [-0.25, -0.2) is 4.79 Å². The fraction of sp³-hybridized carbons (Fsp3) is 0.692. The van der Waals surface area contributed by atoms with Crippen molar-refractivity contribution in [2.24, 2.45) is 0 Å². The summed E-state index contributed by atoms with van der Waals surface area (Å²) in [6.07, 6.45) is 4.48. The number of aliphatic carboxylic acids is 1. The molecule has 1 aliphatic carbocycles. The predicted octanol–water partition coefficient (Wildman–Crippen LogP) is 2.55. The van der Waals surface area contributed by atoms with E-state index in [2.05, 4.69) is 5.10 Å². The minimum absolute atomic E-state index is 0.698. The quantitative estimate of drug-likeness (QED) is 0.858. The molecule has 4 nitrogen and oxygen atoms in total. The molecule has 0 aromatic carbocycles. The largest absolute Gasteiger partial charge is 0.479 e. The minimum Gasteiger partial charge on any atom is -0.479 e. The number of hydrogen-bond acceptors (Lipinski definition) is 2. The molecule has 17 heavy (non-hydrogen) atoms. The van der Waals surface area contributed by atoms with Crippen LogP contribution in [-0.4, -0.2) is 20.9 Å². The number of carbonyl (C=O) groups is 1. The maximum absolute atomic E-state index is 11.7. The van der Waals surface area contributed by atoms with Crippen molar-refractivity contribution in [3.05, 3.63) is 17.0 Å². The zero-order valence-electron chi connectivity index (χ0n) is 10.8. The second-order valence-electron chi connectivity index (χ2n) is 5.11. The Kier molecular flexibility index (Phi) is 2.98. The van der Waals surface area contributed by atoms with Gasteiger partial charge in [0.1, 0.15) is 0 Å². The molecule has 94 valence electrons. The number of nitrogens with zero attached hydrogens (tertiary/aromatic N) is 2. The summed E-state index contributed by atoms with van der Waals surface area (Å²) < 4.78 is 1.76. The van der Waals surface area contributed by atoms with E-state index in [0.717, 1.165) is 36.2 Å². The second-order valence-corrected chi connectivity index (χ2v) is 5.11. The Bertz CT molecular complexity index is 443. The fourth-order valence-electron chi connectivity index (χ4n) is 2.79. The molecule has 0 bridgehead atoms. The third kappa shape index (κ3) is 1.75. The summed E-state index contributed by atoms with van der Waals surface area (Å²) in [4.78, 5) is 11.7. The van der Waals surface area contributed by atoms with Gasteiger partial charge in [-0.05, 0) is 39.2 Å². The third-order valence-electron chi connectivity index (χ3n) is 4.14. The number of hydrogen-bond donors (Lipinski definition) is 1. The zero-order chi connectivity index (χ0) is 12.6. The van der Waals surface area contributed by atoms with E-state index in [1.165, 1.54) is 0 Å². The predicted molar refractivity (Wildman–Crippen MR) is 65.1 cm³/mol. The molecule has 1 fully saturated rings. The molecule has 0 aliphatic heterocycles. The van der Waals surface area contributed by atoms with E-state index in [1.54, 1.807) is 4.68 Å². The van der Waals surface area contributed by atoms with Crippen molar-refractivity contribution >= 4 is 5.97 Å². The summed E-state index contributed by atoms with van der Waals surface area (Å²) >= 11 is 0. The lowest BCUT2D eigenvalue weighted by Gasteiger charge is -2.34. The van der Waals surface area contributed by atoms with E-state index >= 15 is 0 Å². The lowest BCUT2D eigenvalue weighted by Crippen LogP contribution is -2.45. The Labute approximate surface area is 102 Å². The topological polar surface area (TPSA) is 55.1 Å². The van der Waals surface area contributed by atoms with Crippen molar-refractivity contribution in [3.8, 4) is 0 Å². The van der Waals surface area contributed by atoms with Gasteiger partial charge in [-0.3, -0.25) is 4.68 Å². The molecular formula is C13H20N2O2. The summed E-state index contributed by atoms with van der Waals surface area (Å²) in [5, 5.41) is 14.1. The van der Waals surface area contributed by atoms with Crippen molar-refractivity contribution < 1.29 is 9.90 Å². The molecule has 0 atom stereocenters. The van der Waals surface area contributed by atoms with E-state index in [0.29, 0.717) is 12.8 Å². The number of carboxylic acid groups (broad SMARTS) is 1. The molecule has 0 saturated heterocycles. The summed E-state index contributed by atoms with van der Waals surface area (Å²) in [5.41, 5.74) is 2.23. The van der Waals surface area contributed by atoms with Crippen LogP contribution in [0.1, 0.15) is 49.1 Å². The first-order valence-electron chi connectivity index (χ1n) is 6.26. The van der Waals surface area contributed by atoms with Crippen LogP contribution in [0.2, 0.25) is 0 Å². The molecule has 0 radical (unpaired) electrons. The smallest absolute Gasteiger partial charge is 0.331 e. The highest BCUT2D eigenvalue weighted by Gasteiger charge is 2.43. The lowest BCUT2D eigenvalue weighted by atomic mass is 9.81. The van der Waals surface area contributed by atoms with Crippen LogP contribution >= 0.6 is 0 Å². The van der Waals surface area contributed by atoms with E-state index < -0.39 is 11.5 Å². The van der Waals surface area contributed by atoms with Gasteiger partial charge in [-0.15, -0.1) is 0 Å². The first-order valence-corrected chi connectivity index (χ1v) is 6.26. The molecule has 1 aromatic heterocycles. The fourth-order valence-corrected chi connectivity index (χ4v) is 2.79. The van der Waals surface area contributed by atoms with Gasteiger partial charge < -0.3 is 5.11 Å². The molecule has 0 amide bonds. The number of aryl methyl sites for hydroxylation is 1. The maximum Gasteiger partial charge on any atom is 0.331 e. The molecule has 1 N–H and O–H groups in total. The molecule has 1 heterocycles. The average Bonchev–Trinajstić information content (AvgIpc) is 2.58. The van der Waals surface area contributed by atoms with Gasteiger partial charge in [0.15, 0.2) is 5.54 Å². The summed E-state index contributed by atoms with van der Waals surface area (Å²) in [5.74, 6) is -0.734. The maximum atomic E-state index is 11.7. The highest BCUT2D eigenvalue weighted by atomic mass is 16.4. The van der Waals surface area contributed by atoms with Gasteiger partial charge in [0.05, 0.1) is 5.69 Å². The van der Waals surface area contributed by atoms with Crippen LogP contribution in [0.15, 0.2) is 0 Å². The molecule has 0 unspecified atom stereocenters. The van der Waals surface area contributed by atoms with Crippen molar-refractivity contribution in [1.82, 2.24) is 9.78 Å². The van der Waals surface area contributed by atoms with E-state index in [4.69, 9.17) is 0 Å². The Morgan fingerprint density at radius 3 is 2.24 bits per heavy atom. The van der Waals surface area contributed by atoms with Crippen LogP contribution in [0.4, 0.5) is 0 Å². The average molecular weight is 236 g/mol. The van der Waals surface area contributed by atoms with Crippen LogP contribution < -0.4 is 0 Å². The van der Waals surface area contributed by atoms with Crippen LogP contribution in [0.3, 0.4) is 0 Å². The molecule has 4 heteroatoms. The van der Waals surface area contributed by atoms with Gasteiger partial charge in [-0.1, -0.05) is 19.3 Å². The van der Waals surface area contributed by atoms with E-state index in [-0.39, 0.29) is 0 Å². The first kappa shape index (κ1) is 12.1. The molecule has 1 saturated carbocycles. The summed E-state index contributed by atoms with van der Waals surface area (Å²) in [6.45, 7) is 5.92. The van der Waals surface area contributed by atoms with Crippen LogP contribution in [0.25, 0.3) is 0 Å². The summed E-state index contributed by atoms with van der Waals surface area (Å²) in [6, 6.07) is 0. The molecule has 0 spiro atoms. The normalized spacial score (nSPS) is 19.2. The Morgan fingerprint density at radius 1 is 1.24 bits per heavy atom. The Balaban J connectivity index is 2.52. The Morgan fingerprint density at radius 2 is 1.82 bits per heavy atom. The molecular weight excluding hydrogens is 216 g/mol. The third-order valence-corrected chi connectivity index (χ3v) is 4.14. The van der Waals surface area contributed by atoms with Gasteiger partial charge in [0.2, 0.25) is 0 Å². The zero-order valence-corrected chi connectivity index (χ0v) is 10.8. The highest BCUT2D eigenvalue weighted by Crippen LogP contribution is 2.36. The lowest BCUT2D eigenvalue weighted by molar-refractivity contribution is -0.150. The van der Waals surface area contributed by atoms with Gasteiger partial charge in [0, 0.05) is 5.69 Å². The van der Waals surface area contributed by atoms with E-state index in [1.807, 2.05) is 20.8 Å². The monoisotopic (exact) mass is 236 g/mol. The SMILES string of the molecule is Cc1nn(C2(C(=O)O)CCCCC2)c(C)c1C. The van der Waals surface area contributed by atoms with Crippen molar-refractivity contribution in [1.29, 1.82) is 0 Å². The number of rotatable bonds is 2. The molecule has 1 aliphatic rings. The Hall–Kier alpha value is -1.32. The standard InChI is InChI=1S/C13H20N2O2/c1-9-10(2)14-15(11(9)3)13(12(16)17)7-5-4-6-8-13/h4-8H2,1-3H3,(H,16,17). The highest BCUT2D eigenvalue weighted by molar-refractivity contribution is 5.77. The van der Waals surface area contributed by atoms with E-state index in [9.17, 15) is 9.90 Å². The van der Waals surface area contributed by atoms with Crippen LogP contribution in [-0.2, 0) is 10.3 Å². The minimum atomic E-state index is -0.804. The van der Waals surface area contributed by atoms with Crippen LogP contribution in [0.5, 0.6) is 0 Å². The summed E-state index contributed by atoms with van der Waals surface area (Å²) in [7, 11) is 0. The number of aromatic nitrogens is 2. The van der Waals surface area contributed by atoms with Gasteiger partial charge in [0.25, 0.3) is 0 Å². The number of carboxylic acids is 1. The van der Waals surface area contributed by atoms with Crippen molar-refractivity contribution in [2.45, 2.75) is 58.4 Å². The van der Waals surface area contributed by atoms with Crippen molar-refractivity contribution in [2.75, 3.05) is 0 Å². The first-order chi connectivity index (χ1) is 7.99. The molecule has 2 rings (SSSR count). The van der Waals surface area contributed by atoms with Gasteiger partial charge in [-0.2, -0.15) is 5.10 Å². The van der Waals surface area contributed by atoms with Crippen LogP contribution in [0, 0.1) is 20.8 Å². The van der Waals surface area contributed by atoms with Gasteiger partial charge >= 0.3 is 5.97 Å².